The summed E-state index contributed by atoms with van der Waals surface area (Å²) in [5.41, 5.74) is 0.807. The van der Waals surface area contributed by atoms with Crippen molar-refractivity contribution in [3.63, 3.8) is 0 Å². The van der Waals surface area contributed by atoms with E-state index >= 15 is 0 Å². The van der Waals surface area contributed by atoms with Crippen molar-refractivity contribution in [3.05, 3.63) is 29.8 Å². The van der Waals surface area contributed by atoms with Gasteiger partial charge in [0.25, 0.3) is 0 Å². The first-order chi connectivity index (χ1) is 8.69. The summed E-state index contributed by atoms with van der Waals surface area (Å²) in [7, 11) is 3.17. The Balaban J connectivity index is 2.49. The van der Waals surface area contributed by atoms with E-state index in [-0.39, 0.29) is 6.61 Å². The van der Waals surface area contributed by atoms with E-state index in [4.69, 9.17) is 14.7 Å². The number of ether oxygens (including phenoxy) is 2. The van der Waals surface area contributed by atoms with Gasteiger partial charge in [-0.1, -0.05) is 18.2 Å². The average molecular weight is 248 g/mol. The van der Waals surface area contributed by atoms with Crippen LogP contribution in [0.2, 0.25) is 0 Å². The Morgan fingerprint density at radius 1 is 1.44 bits per heavy atom. The number of hydrogen-bond donors (Lipinski definition) is 0. The molecule has 0 unspecified atom stereocenters. The summed E-state index contributed by atoms with van der Waals surface area (Å²) >= 11 is 0. The topological polar surface area (TPSA) is 62.6 Å². The molecule has 0 spiro atoms. The molecule has 96 valence electrons. The molecule has 0 atom stereocenters. The Labute approximate surface area is 107 Å². The summed E-state index contributed by atoms with van der Waals surface area (Å²) in [6.45, 7) is 0.515. The molecule has 0 fully saturated rings. The predicted octanol–water partition coefficient (Wildman–Crippen LogP) is 2.18. The number of hydrogen-bond acceptors (Lipinski definition) is 4. The maximum absolute atomic E-state index is 11.6. The van der Waals surface area contributed by atoms with Crippen LogP contribution in [-0.4, -0.2) is 31.7 Å². The molecule has 0 aliphatic carbocycles. The first-order valence-electron chi connectivity index (χ1n) is 5.55. The number of nitrogens with zero attached hydrogens (tertiary/aromatic N) is 2. The number of amides is 1. The third-order valence-corrected chi connectivity index (χ3v) is 2.41. The number of benzene rings is 1. The first-order valence-corrected chi connectivity index (χ1v) is 5.55. The van der Waals surface area contributed by atoms with Crippen LogP contribution in [0.15, 0.2) is 24.3 Å². The molecule has 1 rings (SSSR count). The van der Waals surface area contributed by atoms with E-state index in [1.165, 1.54) is 4.90 Å². The maximum atomic E-state index is 11.6. The van der Waals surface area contributed by atoms with E-state index in [1.54, 1.807) is 14.2 Å². The van der Waals surface area contributed by atoms with Crippen molar-refractivity contribution in [1.29, 1.82) is 5.26 Å². The molecule has 18 heavy (non-hydrogen) atoms. The van der Waals surface area contributed by atoms with Crippen molar-refractivity contribution in [1.82, 2.24) is 4.90 Å². The second kappa shape index (κ2) is 7.17. The zero-order chi connectivity index (χ0) is 13.4. The molecule has 0 aliphatic rings. The van der Waals surface area contributed by atoms with Crippen LogP contribution in [-0.2, 0) is 11.3 Å². The summed E-state index contributed by atoms with van der Waals surface area (Å²) in [5.74, 6) is 0.685. The predicted molar refractivity (Wildman–Crippen MR) is 66.0 cm³/mol. The van der Waals surface area contributed by atoms with Crippen LogP contribution in [0.25, 0.3) is 0 Å². The fourth-order valence-electron chi connectivity index (χ4n) is 1.38. The van der Waals surface area contributed by atoms with Gasteiger partial charge in [-0.15, -0.1) is 0 Å². The summed E-state index contributed by atoms with van der Waals surface area (Å²) in [5, 5.41) is 8.43. The lowest BCUT2D eigenvalue weighted by molar-refractivity contribution is 0.105. The molecule has 1 aromatic carbocycles. The van der Waals surface area contributed by atoms with Crippen molar-refractivity contribution in [2.75, 3.05) is 20.7 Å². The Morgan fingerprint density at radius 3 is 2.83 bits per heavy atom. The first kappa shape index (κ1) is 13.8. The van der Waals surface area contributed by atoms with Gasteiger partial charge in [0, 0.05) is 19.2 Å². The summed E-state index contributed by atoms with van der Waals surface area (Å²) < 4.78 is 10.3. The van der Waals surface area contributed by atoms with Crippen molar-refractivity contribution in [3.8, 4) is 11.8 Å². The largest absolute Gasteiger partial charge is 0.496 e. The van der Waals surface area contributed by atoms with E-state index < -0.39 is 6.09 Å². The average Bonchev–Trinajstić information content (AvgIpc) is 2.42. The van der Waals surface area contributed by atoms with Crippen molar-refractivity contribution >= 4 is 6.09 Å². The Hall–Kier alpha value is -2.22. The zero-order valence-corrected chi connectivity index (χ0v) is 10.5. The standard InChI is InChI=1S/C13H16N2O3/c1-15(9-5-8-14)13(16)18-10-11-6-3-4-7-12(11)17-2/h3-4,6-7H,5,9-10H2,1-2H3. The van der Waals surface area contributed by atoms with Gasteiger partial charge in [-0.3, -0.25) is 0 Å². The van der Waals surface area contributed by atoms with Gasteiger partial charge in [-0.25, -0.2) is 4.79 Å². The minimum atomic E-state index is -0.448. The van der Waals surface area contributed by atoms with Gasteiger partial charge < -0.3 is 14.4 Å². The third-order valence-electron chi connectivity index (χ3n) is 2.41. The van der Waals surface area contributed by atoms with Crippen LogP contribution in [0.3, 0.4) is 0 Å². The number of rotatable bonds is 5. The maximum Gasteiger partial charge on any atom is 0.409 e. The van der Waals surface area contributed by atoms with Gasteiger partial charge in [0.15, 0.2) is 0 Å². The number of carbonyl (C=O) groups excluding carboxylic acids is 1. The molecule has 0 heterocycles. The van der Waals surface area contributed by atoms with Gasteiger partial charge in [-0.05, 0) is 6.07 Å². The smallest absolute Gasteiger partial charge is 0.409 e. The lowest BCUT2D eigenvalue weighted by Gasteiger charge is -2.16. The van der Waals surface area contributed by atoms with Crippen LogP contribution in [0.5, 0.6) is 5.75 Å². The second-order valence-corrected chi connectivity index (χ2v) is 3.70. The molecule has 0 saturated heterocycles. The van der Waals surface area contributed by atoms with Crippen LogP contribution >= 0.6 is 0 Å². The molecule has 0 bridgehead atoms. The number of carbonyl (C=O) groups is 1. The zero-order valence-electron chi connectivity index (χ0n) is 10.5. The highest BCUT2D eigenvalue weighted by atomic mass is 16.6. The van der Waals surface area contributed by atoms with Crippen LogP contribution in [0, 0.1) is 11.3 Å². The third kappa shape index (κ3) is 3.98. The van der Waals surface area contributed by atoms with Gasteiger partial charge >= 0.3 is 6.09 Å². The lowest BCUT2D eigenvalue weighted by Crippen LogP contribution is -2.28. The Kier molecular flexibility index (Phi) is 5.52. The monoisotopic (exact) mass is 248 g/mol. The fourth-order valence-corrected chi connectivity index (χ4v) is 1.38. The Morgan fingerprint density at radius 2 is 2.17 bits per heavy atom. The minimum absolute atomic E-state index is 0.153. The molecular weight excluding hydrogens is 232 g/mol. The van der Waals surface area contributed by atoms with Crippen LogP contribution in [0.4, 0.5) is 4.79 Å². The van der Waals surface area contributed by atoms with E-state index in [1.807, 2.05) is 30.3 Å². The van der Waals surface area contributed by atoms with E-state index in [0.717, 1.165) is 5.56 Å². The van der Waals surface area contributed by atoms with Crippen LogP contribution < -0.4 is 4.74 Å². The van der Waals surface area contributed by atoms with Gasteiger partial charge in [0.2, 0.25) is 0 Å². The molecule has 0 aliphatic heterocycles. The van der Waals surface area contributed by atoms with Crippen LogP contribution in [0.1, 0.15) is 12.0 Å². The molecule has 1 aromatic rings. The number of methoxy groups -OCH3 is 1. The van der Waals surface area contributed by atoms with Gasteiger partial charge in [0.1, 0.15) is 12.4 Å². The highest BCUT2D eigenvalue weighted by Crippen LogP contribution is 2.18. The van der Waals surface area contributed by atoms with Crippen molar-refractivity contribution in [2.24, 2.45) is 0 Å². The summed E-state index contributed by atoms with van der Waals surface area (Å²) in [4.78, 5) is 12.9. The molecule has 0 radical (unpaired) electrons. The molecule has 0 aromatic heterocycles. The van der Waals surface area contributed by atoms with Gasteiger partial charge in [0.05, 0.1) is 19.6 Å². The summed E-state index contributed by atoms with van der Waals surface area (Å²) in [6, 6.07) is 9.32. The van der Waals surface area contributed by atoms with E-state index in [2.05, 4.69) is 0 Å². The summed E-state index contributed by atoms with van der Waals surface area (Å²) in [6.07, 6.45) is -0.156. The minimum Gasteiger partial charge on any atom is -0.496 e. The highest BCUT2D eigenvalue weighted by molar-refractivity contribution is 5.67. The molecule has 1 amide bonds. The quantitative estimate of drug-likeness (QED) is 0.801. The molecule has 5 nitrogen and oxygen atoms in total. The SMILES string of the molecule is COc1ccccc1COC(=O)N(C)CCC#N. The van der Waals surface area contributed by atoms with E-state index in [9.17, 15) is 4.79 Å². The lowest BCUT2D eigenvalue weighted by atomic mass is 10.2. The van der Waals surface area contributed by atoms with Crippen molar-refractivity contribution < 1.29 is 14.3 Å². The van der Waals surface area contributed by atoms with Crippen molar-refractivity contribution in [2.45, 2.75) is 13.0 Å². The van der Waals surface area contributed by atoms with E-state index in [0.29, 0.717) is 18.7 Å². The fraction of sp³-hybridized carbons (Fsp3) is 0.385. The second-order valence-electron chi connectivity index (χ2n) is 3.70. The molecular formula is C13H16N2O3. The number of para-hydroxylation sites is 1. The molecule has 5 heteroatoms. The van der Waals surface area contributed by atoms with Gasteiger partial charge in [-0.2, -0.15) is 5.26 Å². The highest BCUT2D eigenvalue weighted by Gasteiger charge is 2.10. The number of nitriles is 1. The molecule has 0 N–H and O–H groups in total. The Bertz CT molecular complexity index is 440. The molecule has 0 saturated carbocycles. The normalized spacial score (nSPS) is 9.39.